The third-order valence-corrected chi connectivity index (χ3v) is 5.58. The SMILES string of the molecule is CN1CCC(CN(C)C(=O)N[C@@H]2CCc3c(Cl)cccc32)CC1. The first-order valence-electron chi connectivity index (χ1n) is 8.52. The molecule has 1 aromatic carbocycles. The van der Waals surface area contributed by atoms with E-state index < -0.39 is 0 Å². The number of piperidine rings is 1. The van der Waals surface area contributed by atoms with Crippen molar-refractivity contribution in [1.82, 2.24) is 15.1 Å². The molecule has 1 heterocycles. The Morgan fingerprint density at radius 1 is 1.35 bits per heavy atom. The van der Waals surface area contributed by atoms with Crippen molar-refractivity contribution >= 4 is 17.6 Å². The molecule has 1 atom stereocenters. The van der Waals surface area contributed by atoms with Crippen LogP contribution < -0.4 is 5.32 Å². The molecule has 2 aliphatic rings. The van der Waals surface area contributed by atoms with Crippen molar-refractivity contribution in [3.05, 3.63) is 34.3 Å². The molecule has 5 heteroatoms. The predicted molar refractivity (Wildman–Crippen MR) is 93.9 cm³/mol. The molecule has 0 radical (unpaired) electrons. The van der Waals surface area contributed by atoms with Crippen molar-refractivity contribution in [2.75, 3.05) is 33.7 Å². The second-order valence-electron chi connectivity index (χ2n) is 6.98. The fourth-order valence-electron chi connectivity index (χ4n) is 3.73. The number of amides is 2. The first-order chi connectivity index (χ1) is 11.0. The lowest BCUT2D eigenvalue weighted by atomic mass is 9.97. The van der Waals surface area contributed by atoms with Gasteiger partial charge in [0.25, 0.3) is 0 Å². The van der Waals surface area contributed by atoms with E-state index in [1.165, 1.54) is 24.0 Å². The molecule has 0 aromatic heterocycles. The lowest BCUT2D eigenvalue weighted by Crippen LogP contribution is -2.43. The Morgan fingerprint density at radius 2 is 2.09 bits per heavy atom. The minimum Gasteiger partial charge on any atom is -0.331 e. The van der Waals surface area contributed by atoms with E-state index in [2.05, 4.69) is 23.3 Å². The molecular weight excluding hydrogens is 310 g/mol. The minimum atomic E-state index is 0.0294. The molecule has 2 amide bonds. The lowest BCUT2D eigenvalue weighted by Gasteiger charge is -2.32. The van der Waals surface area contributed by atoms with Crippen molar-refractivity contribution in [3.63, 3.8) is 0 Å². The van der Waals surface area contributed by atoms with Crippen LogP contribution in [0.1, 0.15) is 36.4 Å². The third-order valence-electron chi connectivity index (χ3n) is 5.23. The summed E-state index contributed by atoms with van der Waals surface area (Å²) in [5, 5.41) is 4.00. The van der Waals surface area contributed by atoms with E-state index in [1.807, 2.05) is 24.1 Å². The van der Waals surface area contributed by atoms with Crippen molar-refractivity contribution in [1.29, 1.82) is 0 Å². The summed E-state index contributed by atoms with van der Waals surface area (Å²) in [6.07, 6.45) is 4.23. The Kier molecular flexibility index (Phi) is 5.12. The number of fused-ring (bicyclic) bond motifs is 1. The average Bonchev–Trinajstić information content (AvgIpc) is 2.94. The number of urea groups is 1. The number of hydrogen-bond donors (Lipinski definition) is 1. The zero-order valence-electron chi connectivity index (χ0n) is 14.0. The van der Waals surface area contributed by atoms with Gasteiger partial charge in [0, 0.05) is 18.6 Å². The summed E-state index contributed by atoms with van der Waals surface area (Å²) >= 11 is 6.25. The van der Waals surface area contributed by atoms with E-state index in [4.69, 9.17) is 11.6 Å². The van der Waals surface area contributed by atoms with Crippen LogP contribution in [0.25, 0.3) is 0 Å². The van der Waals surface area contributed by atoms with Crippen LogP contribution in [0.5, 0.6) is 0 Å². The van der Waals surface area contributed by atoms with Gasteiger partial charge in [-0.05, 0) is 68.9 Å². The highest BCUT2D eigenvalue weighted by Gasteiger charge is 2.27. The fraction of sp³-hybridized carbons (Fsp3) is 0.611. The summed E-state index contributed by atoms with van der Waals surface area (Å²) < 4.78 is 0. The average molecular weight is 336 g/mol. The predicted octanol–water partition coefficient (Wildman–Crippen LogP) is 3.31. The molecule has 1 saturated heterocycles. The number of carbonyl (C=O) groups excluding carboxylic acids is 1. The van der Waals surface area contributed by atoms with E-state index in [9.17, 15) is 4.79 Å². The van der Waals surface area contributed by atoms with Crippen molar-refractivity contribution in [3.8, 4) is 0 Å². The Bertz CT molecular complexity index is 569. The van der Waals surface area contributed by atoms with E-state index in [0.717, 1.165) is 37.5 Å². The van der Waals surface area contributed by atoms with Gasteiger partial charge >= 0.3 is 6.03 Å². The number of nitrogens with one attached hydrogen (secondary N) is 1. The van der Waals surface area contributed by atoms with Crippen LogP contribution in [-0.4, -0.2) is 49.6 Å². The Labute approximate surface area is 143 Å². The van der Waals surface area contributed by atoms with E-state index in [-0.39, 0.29) is 12.1 Å². The van der Waals surface area contributed by atoms with Crippen LogP contribution in [0.4, 0.5) is 4.79 Å². The van der Waals surface area contributed by atoms with E-state index in [0.29, 0.717) is 5.92 Å². The van der Waals surface area contributed by atoms with Gasteiger partial charge in [-0.25, -0.2) is 4.79 Å². The fourth-order valence-corrected chi connectivity index (χ4v) is 4.01. The summed E-state index contributed by atoms with van der Waals surface area (Å²) in [6, 6.07) is 6.10. The Hall–Kier alpha value is -1.26. The lowest BCUT2D eigenvalue weighted by molar-refractivity contribution is 0.168. The van der Waals surface area contributed by atoms with Gasteiger partial charge in [0.05, 0.1) is 6.04 Å². The second-order valence-corrected chi connectivity index (χ2v) is 7.38. The van der Waals surface area contributed by atoms with Crippen LogP contribution in [-0.2, 0) is 6.42 Å². The summed E-state index contributed by atoms with van der Waals surface area (Å²) in [6.45, 7) is 3.11. The molecule has 1 aliphatic carbocycles. The molecule has 23 heavy (non-hydrogen) atoms. The zero-order valence-corrected chi connectivity index (χ0v) is 14.8. The number of likely N-dealkylation sites (tertiary alicyclic amines) is 1. The number of hydrogen-bond acceptors (Lipinski definition) is 2. The first kappa shape index (κ1) is 16.6. The number of rotatable bonds is 3. The molecule has 3 rings (SSSR count). The molecule has 126 valence electrons. The molecule has 0 spiro atoms. The van der Waals surface area contributed by atoms with Crippen molar-refractivity contribution in [2.24, 2.45) is 5.92 Å². The number of halogens is 1. The van der Waals surface area contributed by atoms with Gasteiger partial charge in [0.1, 0.15) is 0 Å². The maximum Gasteiger partial charge on any atom is 0.317 e. The number of benzene rings is 1. The molecule has 1 N–H and O–H groups in total. The number of carbonyl (C=O) groups is 1. The van der Waals surface area contributed by atoms with Gasteiger partial charge in [-0.3, -0.25) is 0 Å². The largest absolute Gasteiger partial charge is 0.331 e. The minimum absolute atomic E-state index is 0.0294. The standard InChI is InChI=1S/C18H26ClN3O/c1-21-10-8-13(9-11-21)12-22(2)18(23)20-17-7-6-14-15(17)4-3-5-16(14)19/h3-5,13,17H,6-12H2,1-2H3,(H,20,23)/t17-/m1/s1. The van der Waals surface area contributed by atoms with Crippen molar-refractivity contribution < 1.29 is 4.79 Å². The molecule has 4 nitrogen and oxygen atoms in total. The molecule has 1 aromatic rings. The second kappa shape index (κ2) is 7.10. The van der Waals surface area contributed by atoms with Crippen LogP contribution in [0.3, 0.4) is 0 Å². The summed E-state index contributed by atoms with van der Waals surface area (Å²) in [4.78, 5) is 16.7. The van der Waals surface area contributed by atoms with E-state index in [1.54, 1.807) is 0 Å². The van der Waals surface area contributed by atoms with Gasteiger partial charge in [0.15, 0.2) is 0 Å². The van der Waals surface area contributed by atoms with Gasteiger partial charge in [-0.15, -0.1) is 0 Å². The first-order valence-corrected chi connectivity index (χ1v) is 8.90. The third kappa shape index (κ3) is 3.81. The highest BCUT2D eigenvalue weighted by molar-refractivity contribution is 6.31. The maximum absolute atomic E-state index is 12.5. The molecule has 1 aliphatic heterocycles. The van der Waals surface area contributed by atoms with Gasteiger partial charge in [0.2, 0.25) is 0 Å². The topological polar surface area (TPSA) is 35.6 Å². The highest BCUT2D eigenvalue weighted by atomic mass is 35.5. The smallest absolute Gasteiger partial charge is 0.317 e. The summed E-state index contributed by atoms with van der Waals surface area (Å²) in [5.74, 6) is 0.618. The molecule has 0 saturated carbocycles. The zero-order chi connectivity index (χ0) is 16.4. The normalized spacial score (nSPS) is 22.0. The van der Waals surface area contributed by atoms with Crippen molar-refractivity contribution in [2.45, 2.75) is 31.7 Å². The number of nitrogens with zero attached hydrogens (tertiary/aromatic N) is 2. The molecule has 1 fully saturated rings. The van der Waals surface area contributed by atoms with Crippen LogP contribution in [0.2, 0.25) is 5.02 Å². The summed E-state index contributed by atoms with van der Waals surface area (Å²) in [7, 11) is 4.07. The van der Waals surface area contributed by atoms with Gasteiger partial charge in [-0.1, -0.05) is 23.7 Å². The molecular formula is C18H26ClN3O. The maximum atomic E-state index is 12.5. The van der Waals surface area contributed by atoms with Gasteiger partial charge < -0.3 is 15.1 Å². The van der Waals surface area contributed by atoms with E-state index >= 15 is 0 Å². The van der Waals surface area contributed by atoms with Gasteiger partial charge in [-0.2, -0.15) is 0 Å². The van der Waals surface area contributed by atoms with Crippen LogP contribution in [0, 0.1) is 5.92 Å². The Morgan fingerprint density at radius 3 is 2.83 bits per heavy atom. The highest BCUT2D eigenvalue weighted by Crippen LogP contribution is 2.35. The molecule has 0 unspecified atom stereocenters. The van der Waals surface area contributed by atoms with Crippen LogP contribution in [0.15, 0.2) is 18.2 Å². The van der Waals surface area contributed by atoms with Crippen LogP contribution >= 0.6 is 11.6 Å². The molecule has 0 bridgehead atoms. The quantitative estimate of drug-likeness (QED) is 0.919. The Balaban J connectivity index is 1.55. The summed E-state index contributed by atoms with van der Waals surface area (Å²) in [5.41, 5.74) is 2.37. The monoisotopic (exact) mass is 335 g/mol.